The van der Waals surface area contributed by atoms with Crippen LogP contribution in [-0.2, 0) is 0 Å². The maximum absolute atomic E-state index is 13.9. The van der Waals surface area contributed by atoms with Crippen LogP contribution in [0.3, 0.4) is 0 Å². The van der Waals surface area contributed by atoms with Crippen LogP contribution in [0, 0.1) is 13.8 Å². The van der Waals surface area contributed by atoms with Crippen LogP contribution in [0.15, 0.2) is 109 Å². The van der Waals surface area contributed by atoms with Gasteiger partial charge in [-0.25, -0.2) is 0 Å². The molecule has 0 radical (unpaired) electrons. The number of nitrogens with zero attached hydrogens (tertiary/aromatic N) is 1. The van der Waals surface area contributed by atoms with Crippen molar-refractivity contribution in [1.82, 2.24) is 4.57 Å². The number of fused-ring (bicyclic) bond motifs is 7. The Bertz CT molecular complexity index is 2400. The summed E-state index contributed by atoms with van der Waals surface area (Å²) in [5, 5.41) is 3.94. The smallest absolute Gasteiger partial charge is 0.200 e. The van der Waals surface area contributed by atoms with E-state index in [-0.39, 0.29) is 10.9 Å². The molecule has 5 nitrogen and oxygen atoms in total. The Balaban J connectivity index is 1.54. The van der Waals surface area contributed by atoms with Gasteiger partial charge in [0.15, 0.2) is 5.58 Å². The number of aryl methyl sites for hydroxylation is 2. The molecule has 5 aromatic carbocycles. The topological polar surface area (TPSA) is 65.3 Å². The number of benzene rings is 5. The van der Waals surface area contributed by atoms with Crippen LogP contribution in [0.1, 0.15) is 11.1 Å². The first-order valence-corrected chi connectivity index (χ1v) is 12.9. The fourth-order valence-electron chi connectivity index (χ4n) is 6.03. The van der Waals surface area contributed by atoms with E-state index in [4.69, 9.17) is 8.83 Å². The van der Waals surface area contributed by atoms with E-state index in [1.807, 2.05) is 18.2 Å². The largest absolute Gasteiger partial charge is 0.456 e. The summed E-state index contributed by atoms with van der Waals surface area (Å²) in [6.45, 7) is 4.20. The van der Waals surface area contributed by atoms with Crippen LogP contribution >= 0.6 is 0 Å². The molecule has 0 aliphatic heterocycles. The summed E-state index contributed by atoms with van der Waals surface area (Å²) in [6.07, 6.45) is 0. The summed E-state index contributed by atoms with van der Waals surface area (Å²) in [4.78, 5) is 27.1. The van der Waals surface area contributed by atoms with Crippen molar-refractivity contribution in [3.05, 3.63) is 123 Å². The Morgan fingerprint density at radius 1 is 0.513 bits per heavy atom. The molecule has 0 N–H and O–H groups in total. The molecule has 3 aromatic heterocycles. The van der Waals surface area contributed by atoms with Crippen LogP contribution in [0.5, 0.6) is 0 Å². The predicted molar refractivity (Wildman–Crippen MR) is 157 cm³/mol. The van der Waals surface area contributed by atoms with E-state index in [2.05, 4.69) is 54.8 Å². The van der Waals surface area contributed by atoms with Gasteiger partial charge in [-0.3, -0.25) is 9.59 Å². The third kappa shape index (κ3) is 2.90. The lowest BCUT2D eigenvalue weighted by Gasteiger charge is -2.13. The zero-order valence-electron chi connectivity index (χ0n) is 21.2. The lowest BCUT2D eigenvalue weighted by atomic mass is 10.1. The Labute approximate surface area is 221 Å². The number of hydrogen-bond donors (Lipinski definition) is 0. The Kier molecular flexibility index (Phi) is 4.31. The molecule has 0 aliphatic carbocycles. The molecule has 0 aliphatic rings. The van der Waals surface area contributed by atoms with E-state index in [0.29, 0.717) is 43.9 Å². The average Bonchev–Trinajstić information content (AvgIpc) is 3.29. The van der Waals surface area contributed by atoms with E-state index in [9.17, 15) is 9.59 Å². The van der Waals surface area contributed by atoms with Gasteiger partial charge in [0.1, 0.15) is 16.7 Å². The first kappa shape index (κ1) is 21.9. The lowest BCUT2D eigenvalue weighted by molar-refractivity contribution is 0.645. The summed E-state index contributed by atoms with van der Waals surface area (Å²) >= 11 is 0. The normalized spacial score (nSPS) is 12.1. The summed E-state index contributed by atoms with van der Waals surface area (Å²) in [6, 6.07) is 28.7. The van der Waals surface area contributed by atoms with E-state index >= 15 is 0 Å². The van der Waals surface area contributed by atoms with E-state index in [1.165, 1.54) is 0 Å². The van der Waals surface area contributed by atoms with Crippen LogP contribution in [0.2, 0.25) is 0 Å². The average molecular weight is 508 g/mol. The molecule has 186 valence electrons. The SMILES string of the molecule is Cc1cccc2c3cccc(C)c3n(-c3cccc4c(=O)c5cc6c(=O)c7ccccc7oc6cc5oc34)c12. The molecule has 8 aromatic rings. The number of aromatic nitrogens is 1. The minimum absolute atomic E-state index is 0.168. The number of hydrogen-bond acceptors (Lipinski definition) is 4. The van der Waals surface area contributed by atoms with Gasteiger partial charge in [0.25, 0.3) is 0 Å². The highest BCUT2D eigenvalue weighted by Gasteiger charge is 2.20. The first-order valence-electron chi connectivity index (χ1n) is 12.9. The molecule has 0 saturated carbocycles. The van der Waals surface area contributed by atoms with Gasteiger partial charge in [0.05, 0.1) is 38.3 Å². The van der Waals surface area contributed by atoms with Crippen LogP contribution in [0.25, 0.3) is 71.4 Å². The molecule has 0 spiro atoms. The minimum Gasteiger partial charge on any atom is -0.456 e. The fourth-order valence-corrected chi connectivity index (χ4v) is 6.03. The lowest BCUT2D eigenvalue weighted by Crippen LogP contribution is -2.07. The predicted octanol–water partition coefficient (Wildman–Crippen LogP) is 7.92. The molecular formula is C34H21NO4. The summed E-state index contributed by atoms with van der Waals surface area (Å²) in [5.41, 5.74) is 6.59. The molecule has 0 saturated heterocycles. The van der Waals surface area contributed by atoms with Gasteiger partial charge in [-0.2, -0.15) is 0 Å². The highest BCUT2D eigenvalue weighted by Crippen LogP contribution is 2.38. The van der Waals surface area contributed by atoms with Gasteiger partial charge in [-0.1, -0.05) is 54.6 Å². The minimum atomic E-state index is -0.184. The van der Waals surface area contributed by atoms with Crippen molar-refractivity contribution in [2.45, 2.75) is 13.8 Å². The molecular weight excluding hydrogens is 486 g/mol. The third-order valence-corrected chi connectivity index (χ3v) is 7.83. The van der Waals surface area contributed by atoms with Crippen molar-refractivity contribution in [2.24, 2.45) is 0 Å². The molecule has 5 heteroatoms. The van der Waals surface area contributed by atoms with Crippen molar-refractivity contribution in [3.63, 3.8) is 0 Å². The summed E-state index contributed by atoms with van der Waals surface area (Å²) in [5.74, 6) is 0. The molecule has 0 unspecified atom stereocenters. The second-order valence-electron chi connectivity index (χ2n) is 10.1. The maximum atomic E-state index is 13.9. The third-order valence-electron chi connectivity index (χ3n) is 7.83. The van der Waals surface area contributed by atoms with Crippen molar-refractivity contribution < 1.29 is 8.83 Å². The van der Waals surface area contributed by atoms with Gasteiger partial charge < -0.3 is 13.4 Å². The first-order chi connectivity index (χ1) is 19.0. The Hall–Kier alpha value is -5.16. The van der Waals surface area contributed by atoms with E-state index in [0.717, 1.165) is 38.6 Å². The van der Waals surface area contributed by atoms with Gasteiger partial charge in [0.2, 0.25) is 10.9 Å². The monoisotopic (exact) mass is 507 g/mol. The van der Waals surface area contributed by atoms with Crippen molar-refractivity contribution >= 4 is 65.7 Å². The second kappa shape index (κ2) is 7.68. The van der Waals surface area contributed by atoms with Gasteiger partial charge >= 0.3 is 0 Å². The van der Waals surface area contributed by atoms with Gasteiger partial charge in [-0.05, 0) is 55.3 Å². The Morgan fingerprint density at radius 3 is 1.79 bits per heavy atom. The second-order valence-corrected chi connectivity index (χ2v) is 10.1. The molecule has 8 rings (SSSR count). The molecule has 0 fully saturated rings. The number of rotatable bonds is 1. The summed E-state index contributed by atoms with van der Waals surface area (Å²) < 4.78 is 14.8. The van der Waals surface area contributed by atoms with E-state index < -0.39 is 0 Å². The van der Waals surface area contributed by atoms with Crippen molar-refractivity contribution in [3.8, 4) is 5.69 Å². The molecule has 0 bridgehead atoms. The van der Waals surface area contributed by atoms with Crippen LogP contribution in [-0.4, -0.2) is 4.57 Å². The molecule has 3 heterocycles. The number of para-hydroxylation sites is 4. The zero-order valence-corrected chi connectivity index (χ0v) is 21.2. The quantitative estimate of drug-likeness (QED) is 0.212. The van der Waals surface area contributed by atoms with Crippen LogP contribution < -0.4 is 10.9 Å². The molecule has 39 heavy (non-hydrogen) atoms. The van der Waals surface area contributed by atoms with Gasteiger partial charge in [-0.15, -0.1) is 0 Å². The van der Waals surface area contributed by atoms with Crippen LogP contribution in [0.4, 0.5) is 0 Å². The molecule has 0 atom stereocenters. The maximum Gasteiger partial charge on any atom is 0.200 e. The fraction of sp³-hybridized carbons (Fsp3) is 0.0588. The van der Waals surface area contributed by atoms with Crippen molar-refractivity contribution in [1.29, 1.82) is 0 Å². The zero-order chi connectivity index (χ0) is 26.4. The van der Waals surface area contributed by atoms with Crippen molar-refractivity contribution in [2.75, 3.05) is 0 Å². The Morgan fingerprint density at radius 2 is 1.08 bits per heavy atom. The summed E-state index contributed by atoms with van der Waals surface area (Å²) in [7, 11) is 0. The van der Waals surface area contributed by atoms with E-state index in [1.54, 1.807) is 36.4 Å². The van der Waals surface area contributed by atoms with Gasteiger partial charge in [0, 0.05) is 16.8 Å². The highest BCUT2D eigenvalue weighted by molar-refractivity contribution is 6.12. The standard InChI is InChI=1S/C34H21NO4/c1-18-8-5-11-20-21-12-6-9-19(2)31(21)35(30(18)20)26-14-7-13-23-33(37)25-16-24-28(17-29(25)39-34(23)26)38-27-15-4-3-10-22(27)32(24)36/h3-17H,1-2H3. The highest BCUT2D eigenvalue weighted by atomic mass is 16.3. The molecule has 0 amide bonds.